The van der Waals surface area contributed by atoms with Crippen LogP contribution in [0.5, 0.6) is 5.75 Å². The van der Waals surface area contributed by atoms with Crippen molar-refractivity contribution in [2.45, 2.75) is 45.0 Å². The van der Waals surface area contributed by atoms with Crippen molar-refractivity contribution >= 4 is 7.82 Å². The molecule has 2 aromatic rings. The van der Waals surface area contributed by atoms with E-state index in [9.17, 15) is 19.3 Å². The van der Waals surface area contributed by atoms with Crippen molar-refractivity contribution < 1.29 is 33.7 Å². The number of alkyl halides is 1. The number of fused-ring (bicyclic) bond motifs is 1. The van der Waals surface area contributed by atoms with Crippen LogP contribution in [0.1, 0.15) is 36.2 Å². The number of ether oxygens (including phenoxy) is 1. The van der Waals surface area contributed by atoms with E-state index in [4.69, 9.17) is 26.1 Å². The zero-order valence-corrected chi connectivity index (χ0v) is 18.0. The summed E-state index contributed by atoms with van der Waals surface area (Å²) in [4.78, 5) is 25.7. The topological polar surface area (TPSA) is 129 Å². The highest BCUT2D eigenvalue weighted by atomic mass is 31.2. The number of aryl methyl sites for hydroxylation is 2. The largest absolute Gasteiger partial charge is 0.530 e. The number of aliphatic hydroxyl groups excluding tert-OH is 1. The second-order valence-electron chi connectivity index (χ2n) is 7.52. The number of halogens is 1. The zero-order chi connectivity index (χ0) is 24.2. The molecule has 1 fully saturated rings. The first-order chi connectivity index (χ1) is 15.4. The second-order valence-corrected chi connectivity index (χ2v) is 9.11. The molecule has 170 valence electrons. The zero-order valence-electron chi connectivity index (χ0n) is 18.1. The lowest BCUT2D eigenvalue weighted by Gasteiger charge is -2.28. The van der Waals surface area contributed by atoms with Gasteiger partial charge in [0.05, 0.1) is 7.98 Å². The highest BCUT2D eigenvalue weighted by Crippen LogP contribution is 2.56. The summed E-state index contributed by atoms with van der Waals surface area (Å²) in [5.41, 5.74) is -0.0807. The summed E-state index contributed by atoms with van der Waals surface area (Å²) in [5, 5.41) is 10.3. The van der Waals surface area contributed by atoms with E-state index in [1.165, 1.54) is 0 Å². The number of nitrogens with zero attached hydrogens (tertiary/aromatic N) is 1. The smallest absolute Gasteiger partial charge is 0.403 e. The van der Waals surface area contributed by atoms with Gasteiger partial charge in [0.1, 0.15) is 24.0 Å². The van der Waals surface area contributed by atoms with Crippen molar-refractivity contribution in [3.63, 3.8) is 0 Å². The van der Waals surface area contributed by atoms with E-state index in [1.54, 1.807) is 13.0 Å². The van der Waals surface area contributed by atoms with Crippen molar-refractivity contribution in [3.8, 4) is 18.1 Å². The third-order valence-corrected chi connectivity index (χ3v) is 6.22. The summed E-state index contributed by atoms with van der Waals surface area (Å²) in [6.45, 7) is 2.49. The summed E-state index contributed by atoms with van der Waals surface area (Å²) >= 11 is 0. The SMILES string of the molecule is [2H][C@@]1(n2cc(C#C)c(=O)[nH]c2=O)O[C@](F)(COP2(=O)OCc3cc(C)cc(C)c3O2)C[C@H]1O. The van der Waals surface area contributed by atoms with Crippen LogP contribution in [0.15, 0.2) is 27.9 Å². The summed E-state index contributed by atoms with van der Waals surface area (Å²) in [6.07, 6.45) is 0.623. The van der Waals surface area contributed by atoms with Crippen LogP contribution in [-0.4, -0.2) is 33.2 Å². The first kappa shape index (κ1) is 21.1. The maximum atomic E-state index is 15.4. The number of phosphoric acid groups is 1. The molecule has 1 aromatic carbocycles. The fraction of sp³-hybridized carbons (Fsp3) is 0.400. The van der Waals surface area contributed by atoms with Crippen LogP contribution < -0.4 is 15.8 Å². The number of nitrogens with one attached hydrogen (secondary N) is 1. The standard InChI is InChI=1S/C20H20FN2O8P/c1-4-13-8-23(19(26)22-17(13)25)18-15(24)7-20(21,30-18)10-29-32(27)28-9-14-6-11(2)5-12(3)16(14)31-32/h1,5-6,8,15,18,24H,7,9-10H2,2-3H3,(H,22,25,26)/t15-,18-,20+,32?/m1/s1/i18D. The van der Waals surface area contributed by atoms with Gasteiger partial charge in [0, 0.05) is 18.2 Å². The third kappa shape index (κ3) is 4.16. The van der Waals surface area contributed by atoms with Crippen LogP contribution in [-0.2, 0) is 25.0 Å². The number of hydrogen-bond acceptors (Lipinski definition) is 8. The molecule has 0 saturated carbocycles. The van der Waals surface area contributed by atoms with E-state index < -0.39 is 50.3 Å². The van der Waals surface area contributed by atoms with Gasteiger partial charge in [0.15, 0.2) is 6.20 Å². The fourth-order valence-corrected chi connectivity index (χ4v) is 4.83. The van der Waals surface area contributed by atoms with E-state index in [1.807, 2.05) is 23.9 Å². The van der Waals surface area contributed by atoms with Gasteiger partial charge in [-0.15, -0.1) is 6.42 Å². The molecule has 2 aliphatic heterocycles. The van der Waals surface area contributed by atoms with Crippen molar-refractivity contribution in [1.29, 1.82) is 0 Å². The van der Waals surface area contributed by atoms with Gasteiger partial charge in [-0.25, -0.2) is 13.8 Å². The molecule has 0 amide bonds. The minimum absolute atomic E-state index is 0.0953. The van der Waals surface area contributed by atoms with Gasteiger partial charge < -0.3 is 14.4 Å². The normalized spacial score (nSPS) is 32.0. The molecule has 0 radical (unpaired) electrons. The molecule has 1 saturated heterocycles. The van der Waals surface area contributed by atoms with Crippen molar-refractivity contribution in [2.75, 3.05) is 6.61 Å². The molecule has 3 heterocycles. The Morgan fingerprint density at radius 3 is 2.97 bits per heavy atom. The molecule has 1 unspecified atom stereocenters. The van der Waals surface area contributed by atoms with Crippen molar-refractivity contribution in [1.82, 2.24) is 9.55 Å². The number of benzene rings is 1. The molecular weight excluding hydrogens is 446 g/mol. The lowest BCUT2D eigenvalue weighted by atomic mass is 10.1. The van der Waals surface area contributed by atoms with Crippen LogP contribution in [0.4, 0.5) is 4.39 Å². The van der Waals surface area contributed by atoms with E-state index in [0.717, 1.165) is 11.8 Å². The maximum Gasteiger partial charge on any atom is 0.530 e. The first-order valence-corrected chi connectivity index (χ1v) is 10.9. The number of aromatic nitrogens is 2. The summed E-state index contributed by atoms with van der Waals surface area (Å²) in [7, 11) is -4.25. The average molecular weight is 467 g/mol. The predicted octanol–water partition coefficient (Wildman–Crippen LogP) is 1.81. The summed E-state index contributed by atoms with van der Waals surface area (Å²) in [6, 6.07) is 3.60. The molecule has 4 atom stereocenters. The molecule has 0 bridgehead atoms. The lowest BCUT2D eigenvalue weighted by molar-refractivity contribution is -0.179. The molecule has 0 spiro atoms. The predicted molar refractivity (Wildman–Crippen MR) is 109 cm³/mol. The number of rotatable bonds is 4. The van der Waals surface area contributed by atoms with Gasteiger partial charge in [-0.1, -0.05) is 23.6 Å². The minimum atomic E-state index is -4.25. The fourth-order valence-electron chi connectivity index (χ4n) is 3.51. The Hall–Kier alpha value is -2.74. The molecule has 32 heavy (non-hydrogen) atoms. The Labute approximate surface area is 182 Å². The van der Waals surface area contributed by atoms with E-state index in [-0.39, 0.29) is 12.2 Å². The lowest BCUT2D eigenvalue weighted by Crippen LogP contribution is -2.37. The highest BCUT2D eigenvalue weighted by Gasteiger charge is 2.50. The summed E-state index contributed by atoms with van der Waals surface area (Å²) < 4.78 is 57.9. The molecule has 4 rings (SSSR count). The monoisotopic (exact) mass is 467 g/mol. The number of aromatic amines is 1. The van der Waals surface area contributed by atoms with Gasteiger partial charge in [0.25, 0.3) is 5.56 Å². The van der Waals surface area contributed by atoms with Crippen LogP contribution in [0, 0.1) is 26.2 Å². The van der Waals surface area contributed by atoms with Gasteiger partial charge in [-0.05, 0) is 19.4 Å². The molecule has 0 aliphatic carbocycles. The summed E-state index contributed by atoms with van der Waals surface area (Å²) in [5.74, 6) is -0.533. The second kappa shape index (κ2) is 7.99. The van der Waals surface area contributed by atoms with Crippen LogP contribution in [0.2, 0.25) is 0 Å². The van der Waals surface area contributed by atoms with E-state index in [2.05, 4.69) is 0 Å². The Morgan fingerprint density at radius 1 is 1.50 bits per heavy atom. The Kier molecular flexibility index (Phi) is 5.28. The minimum Gasteiger partial charge on any atom is -0.403 e. The van der Waals surface area contributed by atoms with Crippen molar-refractivity contribution in [2.24, 2.45) is 0 Å². The maximum absolute atomic E-state index is 15.4. The number of hydrogen-bond donors (Lipinski definition) is 2. The number of phosphoric ester groups is 1. The quantitative estimate of drug-likeness (QED) is 0.515. The number of H-pyrrole nitrogens is 1. The molecular formula is C20H20FN2O8P. The van der Waals surface area contributed by atoms with Crippen LogP contribution in [0.25, 0.3) is 0 Å². The van der Waals surface area contributed by atoms with Crippen LogP contribution in [0.3, 0.4) is 0 Å². The van der Waals surface area contributed by atoms with Crippen molar-refractivity contribution in [3.05, 3.63) is 61.4 Å². The van der Waals surface area contributed by atoms with Crippen LogP contribution >= 0.6 is 7.82 Å². The number of aliphatic hydroxyl groups is 1. The third-order valence-electron chi connectivity index (χ3n) is 4.92. The molecule has 1 aromatic heterocycles. The van der Waals surface area contributed by atoms with Gasteiger partial charge >= 0.3 is 13.5 Å². The number of terminal acetylenes is 1. The Balaban J connectivity index is 1.55. The molecule has 2 aliphatic rings. The first-order valence-electron chi connectivity index (χ1n) is 9.97. The van der Waals surface area contributed by atoms with Gasteiger partial charge in [0.2, 0.25) is 5.85 Å². The highest BCUT2D eigenvalue weighted by molar-refractivity contribution is 7.49. The van der Waals surface area contributed by atoms with Gasteiger partial charge in [-0.2, -0.15) is 0 Å². The Morgan fingerprint density at radius 2 is 2.25 bits per heavy atom. The van der Waals surface area contributed by atoms with E-state index in [0.29, 0.717) is 21.4 Å². The average Bonchev–Trinajstić information content (AvgIpc) is 2.97. The molecule has 2 N–H and O–H groups in total. The van der Waals surface area contributed by atoms with Gasteiger partial charge in [-0.3, -0.25) is 23.4 Å². The molecule has 10 nitrogen and oxygen atoms in total. The van der Waals surface area contributed by atoms with E-state index >= 15 is 4.39 Å². The molecule has 12 heteroatoms. The Bertz CT molecular complexity index is 1340.